The zero-order chi connectivity index (χ0) is 24.5. The van der Waals surface area contributed by atoms with Gasteiger partial charge in [0.15, 0.2) is 17.5 Å². The lowest BCUT2D eigenvalue weighted by Crippen LogP contribution is -2.52. The summed E-state index contributed by atoms with van der Waals surface area (Å²) in [6, 6.07) is 10.4. The van der Waals surface area contributed by atoms with E-state index in [1.807, 2.05) is 30.3 Å². The van der Waals surface area contributed by atoms with Gasteiger partial charge in [0, 0.05) is 39.0 Å². The molecule has 2 aromatic carbocycles. The zero-order valence-corrected chi connectivity index (χ0v) is 18.8. The molecule has 0 spiro atoms. The maximum Gasteiger partial charge on any atom is 0.270 e. The number of hydrazone groups is 1. The van der Waals surface area contributed by atoms with Gasteiger partial charge in [-0.2, -0.15) is 9.41 Å². The molecule has 2 aliphatic heterocycles. The van der Waals surface area contributed by atoms with E-state index < -0.39 is 38.3 Å². The summed E-state index contributed by atoms with van der Waals surface area (Å²) in [6.07, 6.45) is 0.294. The highest BCUT2D eigenvalue weighted by atomic mass is 32.2. The number of nitrogens with zero attached hydrogens (tertiary/aromatic N) is 4. The van der Waals surface area contributed by atoms with Crippen molar-refractivity contribution < 1.29 is 31.2 Å². The molecule has 4 rings (SSSR count). The lowest BCUT2D eigenvalue weighted by Gasteiger charge is -2.35. The van der Waals surface area contributed by atoms with Crippen molar-refractivity contribution >= 4 is 27.5 Å². The molecule has 1 saturated heterocycles. The maximum absolute atomic E-state index is 14.1. The predicted molar refractivity (Wildman–Crippen MR) is 115 cm³/mol. The third-order valence-corrected chi connectivity index (χ3v) is 7.59. The van der Waals surface area contributed by atoms with E-state index in [4.69, 9.17) is 0 Å². The van der Waals surface area contributed by atoms with Crippen molar-refractivity contribution in [2.75, 3.05) is 26.2 Å². The highest BCUT2D eigenvalue weighted by Gasteiger charge is 2.35. The second-order valence-corrected chi connectivity index (χ2v) is 9.76. The number of sulfonamides is 1. The van der Waals surface area contributed by atoms with Crippen LogP contribution in [0.1, 0.15) is 18.4 Å². The Balaban J connectivity index is 1.44. The second-order valence-electron chi connectivity index (χ2n) is 7.85. The Morgan fingerprint density at radius 2 is 1.59 bits per heavy atom. The number of amides is 2. The molecule has 8 nitrogen and oxygen atoms in total. The fourth-order valence-electron chi connectivity index (χ4n) is 3.80. The van der Waals surface area contributed by atoms with E-state index in [-0.39, 0.29) is 57.2 Å². The average molecular weight is 494 g/mol. The minimum Gasteiger partial charge on any atom is -0.335 e. The zero-order valence-electron chi connectivity index (χ0n) is 18.0. The summed E-state index contributed by atoms with van der Waals surface area (Å²) in [5, 5.41) is 5.48. The van der Waals surface area contributed by atoms with Crippen molar-refractivity contribution in [3.05, 3.63) is 65.5 Å². The van der Waals surface area contributed by atoms with E-state index in [9.17, 15) is 31.2 Å². The molecule has 180 valence electrons. The Labute approximate surface area is 194 Å². The van der Waals surface area contributed by atoms with E-state index in [1.54, 1.807) is 0 Å². The van der Waals surface area contributed by atoms with Crippen molar-refractivity contribution in [1.82, 2.24) is 14.2 Å². The Hall–Kier alpha value is -3.25. The summed E-state index contributed by atoms with van der Waals surface area (Å²) in [4.78, 5) is 25.6. The van der Waals surface area contributed by atoms with Crippen LogP contribution >= 0.6 is 0 Å². The number of benzene rings is 2. The van der Waals surface area contributed by atoms with Gasteiger partial charge >= 0.3 is 0 Å². The van der Waals surface area contributed by atoms with E-state index >= 15 is 0 Å². The first-order valence-electron chi connectivity index (χ1n) is 10.5. The van der Waals surface area contributed by atoms with Crippen LogP contribution in [0.15, 0.2) is 52.5 Å². The summed E-state index contributed by atoms with van der Waals surface area (Å²) in [5.41, 5.74) is 1.05. The Morgan fingerprint density at radius 1 is 0.912 bits per heavy atom. The van der Waals surface area contributed by atoms with Crippen LogP contribution in [0.25, 0.3) is 0 Å². The number of hydrogen-bond acceptors (Lipinski definition) is 5. The average Bonchev–Trinajstić information content (AvgIpc) is 2.84. The lowest BCUT2D eigenvalue weighted by atomic mass is 10.1. The first-order valence-corrected chi connectivity index (χ1v) is 12.0. The molecule has 0 atom stereocenters. The third-order valence-electron chi connectivity index (χ3n) is 5.67. The van der Waals surface area contributed by atoms with Gasteiger partial charge in [0.25, 0.3) is 5.91 Å². The smallest absolute Gasteiger partial charge is 0.270 e. The molecule has 34 heavy (non-hydrogen) atoms. The van der Waals surface area contributed by atoms with Gasteiger partial charge in [-0.05, 0) is 17.7 Å². The summed E-state index contributed by atoms with van der Waals surface area (Å²) >= 11 is 0. The molecule has 2 aromatic rings. The van der Waals surface area contributed by atoms with Crippen LogP contribution < -0.4 is 0 Å². The highest BCUT2D eigenvalue weighted by molar-refractivity contribution is 7.89. The molecule has 0 bridgehead atoms. The van der Waals surface area contributed by atoms with Gasteiger partial charge in [0.05, 0.1) is 6.54 Å². The largest absolute Gasteiger partial charge is 0.335 e. The van der Waals surface area contributed by atoms with E-state index in [0.717, 1.165) is 9.87 Å². The number of carbonyl (C=O) groups excluding carboxylic acids is 2. The van der Waals surface area contributed by atoms with Crippen LogP contribution in [0.2, 0.25) is 0 Å². The van der Waals surface area contributed by atoms with Crippen LogP contribution in [-0.4, -0.2) is 66.3 Å². The van der Waals surface area contributed by atoms with Gasteiger partial charge in [-0.25, -0.2) is 26.6 Å². The Kier molecular flexibility index (Phi) is 6.71. The van der Waals surface area contributed by atoms with Gasteiger partial charge in [0.2, 0.25) is 15.9 Å². The Morgan fingerprint density at radius 3 is 2.26 bits per heavy atom. The van der Waals surface area contributed by atoms with Gasteiger partial charge in [0.1, 0.15) is 10.6 Å². The van der Waals surface area contributed by atoms with Crippen molar-refractivity contribution in [2.24, 2.45) is 5.10 Å². The molecular formula is C22H21F3N4O4S. The molecule has 12 heteroatoms. The topological polar surface area (TPSA) is 90.4 Å². The molecule has 0 radical (unpaired) electrons. The SMILES string of the molecule is O=C(C1=NN(Cc2ccccc2)C(=O)CC1)N1CCN(S(=O)(=O)c2ccc(F)c(F)c2F)CC1. The molecule has 0 unspecified atom stereocenters. The van der Waals surface area contributed by atoms with Gasteiger partial charge in [-0.3, -0.25) is 9.59 Å². The van der Waals surface area contributed by atoms with Gasteiger partial charge in [-0.1, -0.05) is 30.3 Å². The molecule has 0 aromatic heterocycles. The summed E-state index contributed by atoms with van der Waals surface area (Å²) in [7, 11) is -4.43. The minimum absolute atomic E-state index is 0.00495. The van der Waals surface area contributed by atoms with Crippen LogP contribution in [0, 0.1) is 17.5 Å². The monoisotopic (exact) mass is 494 g/mol. The fraction of sp³-hybridized carbons (Fsp3) is 0.318. The van der Waals surface area contributed by atoms with Crippen molar-refractivity contribution in [3.8, 4) is 0 Å². The maximum atomic E-state index is 14.1. The minimum atomic E-state index is -4.43. The van der Waals surface area contributed by atoms with Crippen LogP contribution in [0.4, 0.5) is 13.2 Å². The van der Waals surface area contributed by atoms with Crippen molar-refractivity contribution in [1.29, 1.82) is 0 Å². The van der Waals surface area contributed by atoms with Crippen molar-refractivity contribution in [3.63, 3.8) is 0 Å². The van der Waals surface area contributed by atoms with E-state index in [0.29, 0.717) is 12.1 Å². The molecule has 2 heterocycles. The summed E-state index contributed by atoms with van der Waals surface area (Å²) < 4.78 is 67.1. The quantitative estimate of drug-likeness (QED) is 0.596. The molecule has 1 fully saturated rings. The molecule has 0 N–H and O–H groups in total. The van der Waals surface area contributed by atoms with Gasteiger partial charge < -0.3 is 4.90 Å². The lowest BCUT2D eigenvalue weighted by molar-refractivity contribution is -0.132. The van der Waals surface area contributed by atoms with E-state index in [2.05, 4.69) is 5.10 Å². The fourth-order valence-corrected chi connectivity index (χ4v) is 5.27. The number of halogens is 3. The number of carbonyl (C=O) groups is 2. The summed E-state index contributed by atoms with van der Waals surface area (Å²) in [6.45, 7) is -0.106. The van der Waals surface area contributed by atoms with Gasteiger partial charge in [-0.15, -0.1) is 0 Å². The molecule has 0 saturated carbocycles. The molecule has 2 amide bonds. The second kappa shape index (κ2) is 9.55. The first-order chi connectivity index (χ1) is 16.2. The van der Waals surface area contributed by atoms with E-state index in [1.165, 1.54) is 9.91 Å². The van der Waals surface area contributed by atoms with Crippen LogP contribution in [0.3, 0.4) is 0 Å². The standard InChI is InChI=1S/C22H21F3N4O4S/c23-16-6-8-18(21(25)20(16)24)34(32,33)28-12-10-27(11-13-28)22(31)17-7-9-19(30)29(26-17)14-15-4-2-1-3-5-15/h1-6,8H,7,9-14H2. The third kappa shape index (κ3) is 4.68. The van der Waals surface area contributed by atoms with Crippen molar-refractivity contribution in [2.45, 2.75) is 24.3 Å². The first kappa shape index (κ1) is 23.9. The normalized spacial score (nSPS) is 17.6. The summed E-state index contributed by atoms with van der Waals surface area (Å²) in [5.74, 6) is -5.75. The molecule has 2 aliphatic rings. The molecule has 0 aliphatic carbocycles. The van der Waals surface area contributed by atoms with Crippen LogP contribution in [-0.2, 0) is 26.2 Å². The number of rotatable bonds is 5. The number of piperazine rings is 1. The Bertz CT molecular complexity index is 1250. The van der Waals surface area contributed by atoms with Crippen LogP contribution in [0.5, 0.6) is 0 Å². The number of hydrogen-bond donors (Lipinski definition) is 0. The molecular weight excluding hydrogens is 473 g/mol. The highest BCUT2D eigenvalue weighted by Crippen LogP contribution is 2.24. The predicted octanol–water partition coefficient (Wildman–Crippen LogP) is 2.12.